The maximum Gasteiger partial charge on any atom is 0.325 e. The molecule has 9 heteroatoms. The number of nitrogens with zero attached hydrogens (tertiary/aromatic N) is 3. The standard InChI is InChI=1S/C25H29N5O3S/c1-33-22-10-7-20(8-11-22)26-24(32)28-25-27-21(18-34-25)9-12-23(31)30-15-13-29(14-16-30)17-19-5-3-2-4-6-19/h2-8,10-11,18H,9,12-17H2,1H3,(H2,26,27,28,32). The van der Waals surface area contributed by atoms with E-state index in [0.29, 0.717) is 23.7 Å². The Kier molecular flexibility index (Phi) is 8.11. The topological polar surface area (TPSA) is 86.8 Å². The summed E-state index contributed by atoms with van der Waals surface area (Å²) in [6, 6.07) is 17.1. The number of methoxy groups -OCH3 is 1. The number of amides is 3. The first-order valence-electron chi connectivity index (χ1n) is 11.3. The average molecular weight is 480 g/mol. The molecule has 1 aliphatic rings. The van der Waals surface area contributed by atoms with Crippen molar-refractivity contribution in [2.45, 2.75) is 19.4 Å². The lowest BCUT2D eigenvalue weighted by molar-refractivity contribution is -0.133. The highest BCUT2D eigenvalue weighted by Gasteiger charge is 2.21. The van der Waals surface area contributed by atoms with E-state index < -0.39 is 0 Å². The number of ether oxygens (including phenoxy) is 1. The molecular weight excluding hydrogens is 450 g/mol. The van der Waals surface area contributed by atoms with Crippen molar-refractivity contribution >= 4 is 34.1 Å². The van der Waals surface area contributed by atoms with Crippen LogP contribution in [0.3, 0.4) is 0 Å². The number of anilines is 2. The normalized spacial score (nSPS) is 14.0. The van der Waals surface area contributed by atoms with E-state index in [9.17, 15) is 9.59 Å². The number of carbonyl (C=O) groups excluding carboxylic acids is 2. The number of hydrogen-bond donors (Lipinski definition) is 2. The molecule has 34 heavy (non-hydrogen) atoms. The number of hydrogen-bond acceptors (Lipinski definition) is 6. The first-order valence-corrected chi connectivity index (χ1v) is 12.2. The molecule has 0 aliphatic carbocycles. The van der Waals surface area contributed by atoms with Crippen LogP contribution in [0.4, 0.5) is 15.6 Å². The summed E-state index contributed by atoms with van der Waals surface area (Å²) in [5, 5.41) is 7.89. The van der Waals surface area contributed by atoms with Gasteiger partial charge in [0.15, 0.2) is 5.13 Å². The highest BCUT2D eigenvalue weighted by atomic mass is 32.1. The summed E-state index contributed by atoms with van der Waals surface area (Å²) in [5.41, 5.74) is 2.76. The lowest BCUT2D eigenvalue weighted by Crippen LogP contribution is -2.48. The van der Waals surface area contributed by atoms with E-state index in [4.69, 9.17) is 4.74 Å². The molecule has 1 fully saturated rings. The second-order valence-corrected chi connectivity index (χ2v) is 8.95. The fourth-order valence-corrected chi connectivity index (χ4v) is 4.54. The summed E-state index contributed by atoms with van der Waals surface area (Å²) in [5.74, 6) is 0.873. The molecule has 0 spiro atoms. The largest absolute Gasteiger partial charge is 0.497 e. The van der Waals surface area contributed by atoms with E-state index in [2.05, 4.69) is 44.8 Å². The monoisotopic (exact) mass is 479 g/mol. The van der Waals surface area contributed by atoms with Crippen molar-refractivity contribution in [2.75, 3.05) is 43.9 Å². The summed E-state index contributed by atoms with van der Waals surface area (Å²) >= 11 is 1.35. The van der Waals surface area contributed by atoms with Gasteiger partial charge in [-0.1, -0.05) is 30.3 Å². The summed E-state index contributed by atoms with van der Waals surface area (Å²) < 4.78 is 5.11. The third-order valence-electron chi connectivity index (χ3n) is 5.69. The number of aryl methyl sites for hydroxylation is 1. The smallest absolute Gasteiger partial charge is 0.325 e. The third kappa shape index (κ3) is 6.79. The van der Waals surface area contributed by atoms with Crippen LogP contribution in [0, 0.1) is 0 Å². The minimum absolute atomic E-state index is 0.152. The number of rotatable bonds is 8. The van der Waals surface area contributed by atoms with E-state index in [1.165, 1.54) is 16.9 Å². The van der Waals surface area contributed by atoms with Crippen LogP contribution in [0.15, 0.2) is 60.0 Å². The maximum absolute atomic E-state index is 12.7. The van der Waals surface area contributed by atoms with Gasteiger partial charge in [0, 0.05) is 50.2 Å². The van der Waals surface area contributed by atoms with E-state index >= 15 is 0 Å². The first-order chi connectivity index (χ1) is 16.6. The van der Waals surface area contributed by atoms with Crippen LogP contribution in [-0.2, 0) is 17.8 Å². The highest BCUT2D eigenvalue weighted by molar-refractivity contribution is 7.13. The molecule has 3 amide bonds. The molecule has 3 aromatic rings. The van der Waals surface area contributed by atoms with E-state index in [1.807, 2.05) is 16.3 Å². The van der Waals surface area contributed by atoms with Gasteiger partial charge < -0.3 is 15.0 Å². The van der Waals surface area contributed by atoms with Gasteiger partial charge in [-0.2, -0.15) is 0 Å². The van der Waals surface area contributed by atoms with Crippen LogP contribution in [0.1, 0.15) is 17.7 Å². The molecule has 0 atom stereocenters. The average Bonchev–Trinajstić information content (AvgIpc) is 3.31. The van der Waals surface area contributed by atoms with E-state index in [0.717, 1.165) is 44.2 Å². The minimum Gasteiger partial charge on any atom is -0.497 e. The summed E-state index contributed by atoms with van der Waals surface area (Å²) in [6.07, 6.45) is 0.973. The zero-order chi connectivity index (χ0) is 23.8. The van der Waals surface area contributed by atoms with Gasteiger partial charge in [0.1, 0.15) is 5.75 Å². The number of urea groups is 1. The lowest BCUT2D eigenvalue weighted by Gasteiger charge is -2.34. The van der Waals surface area contributed by atoms with Gasteiger partial charge in [-0.3, -0.25) is 15.0 Å². The van der Waals surface area contributed by atoms with Crippen molar-refractivity contribution in [2.24, 2.45) is 0 Å². The Morgan fingerprint density at radius 3 is 2.44 bits per heavy atom. The summed E-state index contributed by atoms with van der Waals surface area (Å²) in [4.78, 5) is 33.6. The van der Waals surface area contributed by atoms with Crippen LogP contribution in [0.2, 0.25) is 0 Å². The van der Waals surface area contributed by atoms with Crippen LogP contribution in [0.25, 0.3) is 0 Å². The third-order valence-corrected chi connectivity index (χ3v) is 6.50. The van der Waals surface area contributed by atoms with Gasteiger partial charge >= 0.3 is 6.03 Å². The van der Waals surface area contributed by atoms with Gasteiger partial charge in [-0.25, -0.2) is 9.78 Å². The predicted octanol–water partition coefficient (Wildman–Crippen LogP) is 4.07. The van der Waals surface area contributed by atoms with Crippen molar-refractivity contribution in [3.05, 3.63) is 71.2 Å². The molecule has 2 heterocycles. The van der Waals surface area contributed by atoms with Crippen molar-refractivity contribution in [3.8, 4) is 5.75 Å². The van der Waals surface area contributed by atoms with Gasteiger partial charge in [0.2, 0.25) is 5.91 Å². The molecule has 0 saturated carbocycles. The zero-order valence-corrected chi connectivity index (χ0v) is 20.0. The zero-order valence-electron chi connectivity index (χ0n) is 19.2. The van der Waals surface area contributed by atoms with Crippen molar-refractivity contribution < 1.29 is 14.3 Å². The number of aromatic nitrogens is 1. The Labute approximate surface area is 203 Å². The van der Waals surface area contributed by atoms with Gasteiger partial charge in [-0.05, 0) is 36.2 Å². The van der Waals surface area contributed by atoms with Crippen molar-refractivity contribution in [1.29, 1.82) is 0 Å². The first kappa shape index (κ1) is 23.7. The molecule has 0 bridgehead atoms. The SMILES string of the molecule is COc1ccc(NC(=O)Nc2nc(CCC(=O)N3CCN(Cc4ccccc4)CC3)cs2)cc1. The summed E-state index contributed by atoms with van der Waals surface area (Å²) in [6.45, 7) is 4.19. The van der Waals surface area contributed by atoms with Crippen molar-refractivity contribution in [3.63, 3.8) is 0 Å². The van der Waals surface area contributed by atoms with E-state index in [-0.39, 0.29) is 11.9 Å². The number of carbonyl (C=O) groups is 2. The minimum atomic E-state index is -0.365. The van der Waals surface area contributed by atoms with Gasteiger partial charge in [0.25, 0.3) is 0 Å². The fraction of sp³-hybridized carbons (Fsp3) is 0.320. The second kappa shape index (κ2) is 11.6. The van der Waals surface area contributed by atoms with Gasteiger partial charge in [-0.15, -0.1) is 11.3 Å². The van der Waals surface area contributed by atoms with Gasteiger partial charge in [0.05, 0.1) is 12.8 Å². The number of thiazole rings is 1. The Morgan fingerprint density at radius 1 is 1.00 bits per heavy atom. The summed E-state index contributed by atoms with van der Waals surface area (Å²) in [7, 11) is 1.59. The molecular formula is C25H29N5O3S. The van der Waals surface area contributed by atoms with E-state index in [1.54, 1.807) is 31.4 Å². The lowest BCUT2D eigenvalue weighted by atomic mass is 10.2. The quantitative estimate of drug-likeness (QED) is 0.509. The highest BCUT2D eigenvalue weighted by Crippen LogP contribution is 2.19. The Balaban J connectivity index is 1.17. The van der Waals surface area contributed by atoms with Crippen LogP contribution < -0.4 is 15.4 Å². The molecule has 1 aromatic heterocycles. The molecule has 2 aromatic carbocycles. The Hall–Kier alpha value is -3.43. The Morgan fingerprint density at radius 2 is 1.74 bits per heavy atom. The van der Waals surface area contributed by atoms with Crippen LogP contribution >= 0.6 is 11.3 Å². The molecule has 178 valence electrons. The number of benzene rings is 2. The molecule has 8 nitrogen and oxygen atoms in total. The number of nitrogens with one attached hydrogen (secondary N) is 2. The molecule has 2 N–H and O–H groups in total. The molecule has 0 unspecified atom stereocenters. The predicted molar refractivity (Wildman–Crippen MR) is 134 cm³/mol. The molecule has 1 saturated heterocycles. The van der Waals surface area contributed by atoms with Crippen LogP contribution in [-0.4, -0.2) is 60.0 Å². The fourth-order valence-electron chi connectivity index (χ4n) is 3.80. The van der Waals surface area contributed by atoms with Crippen LogP contribution in [0.5, 0.6) is 5.75 Å². The maximum atomic E-state index is 12.7. The second-order valence-electron chi connectivity index (χ2n) is 8.09. The Bertz CT molecular complexity index is 1080. The molecule has 1 aliphatic heterocycles. The molecule has 0 radical (unpaired) electrons. The van der Waals surface area contributed by atoms with Crippen molar-refractivity contribution in [1.82, 2.24) is 14.8 Å². The molecule has 4 rings (SSSR count). The number of piperazine rings is 1.